The summed E-state index contributed by atoms with van der Waals surface area (Å²) < 4.78 is 12.1. The van der Waals surface area contributed by atoms with Crippen LogP contribution in [0.5, 0.6) is 5.75 Å². The number of carbonyl (C=O) groups is 1. The zero-order valence-corrected chi connectivity index (χ0v) is 19.0. The molecule has 7 nitrogen and oxygen atoms in total. The zero-order chi connectivity index (χ0) is 21.3. The van der Waals surface area contributed by atoms with Gasteiger partial charge in [-0.15, -0.1) is 0 Å². The number of amides is 1. The van der Waals surface area contributed by atoms with Crippen LogP contribution < -0.4 is 15.0 Å². The Balaban J connectivity index is 1.48. The lowest BCUT2D eigenvalue weighted by molar-refractivity contribution is -0.125. The topological polar surface area (TPSA) is 80.5 Å². The number of aryl methyl sites for hydroxylation is 2. The molecule has 0 saturated carbocycles. The van der Waals surface area contributed by atoms with Gasteiger partial charge < -0.3 is 19.4 Å². The highest BCUT2D eigenvalue weighted by Crippen LogP contribution is 2.32. The van der Waals surface area contributed by atoms with Crippen molar-refractivity contribution in [3.63, 3.8) is 0 Å². The number of halogens is 1. The molecule has 0 spiro atoms. The quantitative estimate of drug-likeness (QED) is 0.600. The smallest absolute Gasteiger partial charge is 0.231 e. The second-order valence-corrected chi connectivity index (χ2v) is 8.54. The largest absolute Gasteiger partial charge is 0.496 e. The predicted octanol–water partition coefficient (Wildman–Crippen LogP) is 4.14. The number of furan rings is 1. The Morgan fingerprint density at radius 2 is 2.20 bits per heavy atom. The van der Waals surface area contributed by atoms with Gasteiger partial charge in [0.25, 0.3) is 0 Å². The summed E-state index contributed by atoms with van der Waals surface area (Å²) in [4.78, 5) is 23.9. The van der Waals surface area contributed by atoms with Crippen molar-refractivity contribution >= 4 is 38.8 Å². The lowest BCUT2D eigenvalue weighted by Crippen LogP contribution is -2.43. The van der Waals surface area contributed by atoms with Crippen LogP contribution >= 0.6 is 15.9 Å². The number of nitrogens with one attached hydrogen (secondary N) is 1. The fourth-order valence-corrected chi connectivity index (χ4v) is 4.41. The van der Waals surface area contributed by atoms with Crippen LogP contribution in [0.1, 0.15) is 29.7 Å². The Kier molecular flexibility index (Phi) is 5.94. The van der Waals surface area contributed by atoms with Crippen LogP contribution in [-0.4, -0.2) is 36.1 Å². The number of aromatic nitrogens is 2. The van der Waals surface area contributed by atoms with Crippen LogP contribution in [-0.2, 0) is 11.3 Å². The molecule has 2 aromatic heterocycles. The maximum atomic E-state index is 12.9. The highest BCUT2D eigenvalue weighted by molar-refractivity contribution is 9.10. The van der Waals surface area contributed by atoms with Gasteiger partial charge in [-0.05, 0) is 44.9 Å². The van der Waals surface area contributed by atoms with E-state index in [9.17, 15) is 4.79 Å². The summed E-state index contributed by atoms with van der Waals surface area (Å²) in [6.45, 7) is 5.86. The number of anilines is 1. The molecule has 30 heavy (non-hydrogen) atoms. The van der Waals surface area contributed by atoms with Crippen LogP contribution in [0.25, 0.3) is 11.1 Å². The first-order chi connectivity index (χ1) is 14.5. The van der Waals surface area contributed by atoms with Gasteiger partial charge >= 0.3 is 0 Å². The Bertz CT molecular complexity index is 1080. The Labute approximate surface area is 183 Å². The zero-order valence-electron chi connectivity index (χ0n) is 17.4. The van der Waals surface area contributed by atoms with Crippen LogP contribution in [0.4, 0.5) is 5.82 Å². The molecule has 1 amide bonds. The van der Waals surface area contributed by atoms with Crippen molar-refractivity contribution in [1.82, 2.24) is 15.3 Å². The van der Waals surface area contributed by atoms with E-state index < -0.39 is 0 Å². The molecule has 0 bridgehead atoms. The minimum atomic E-state index is -0.102. The van der Waals surface area contributed by atoms with E-state index in [1.165, 1.54) is 6.33 Å². The minimum Gasteiger partial charge on any atom is -0.496 e. The van der Waals surface area contributed by atoms with Gasteiger partial charge in [-0.3, -0.25) is 4.79 Å². The van der Waals surface area contributed by atoms with Crippen molar-refractivity contribution in [3.8, 4) is 5.75 Å². The maximum absolute atomic E-state index is 12.9. The second-order valence-electron chi connectivity index (χ2n) is 7.62. The van der Waals surface area contributed by atoms with Gasteiger partial charge in [0.05, 0.1) is 18.4 Å². The van der Waals surface area contributed by atoms with Crippen LogP contribution in [0.2, 0.25) is 0 Å². The molecule has 1 aliphatic heterocycles. The van der Waals surface area contributed by atoms with E-state index in [0.29, 0.717) is 18.8 Å². The summed E-state index contributed by atoms with van der Waals surface area (Å²) in [5.74, 6) is 2.40. The molecule has 158 valence electrons. The lowest BCUT2D eigenvalue weighted by atomic mass is 9.96. The molecule has 0 aliphatic carbocycles. The Morgan fingerprint density at radius 3 is 3.00 bits per heavy atom. The van der Waals surface area contributed by atoms with Crippen LogP contribution in [0.3, 0.4) is 0 Å². The standard InChI is InChI=1S/C22H25BrN4O3/c1-13-14(2)30-22-19(13)20(25-12-26-22)27-8-4-5-15(11-27)21(28)24-10-16-9-17(23)6-7-18(16)29-3/h6-7,9,12,15H,4-5,8,10-11H2,1-3H3,(H,24,28)/t15-/m1/s1. The SMILES string of the molecule is COc1ccc(Br)cc1CNC(=O)[C@@H]1CCCN(c2ncnc3oc(C)c(C)c23)C1. The highest BCUT2D eigenvalue weighted by Gasteiger charge is 2.28. The van der Waals surface area contributed by atoms with Gasteiger partial charge in [0.2, 0.25) is 11.6 Å². The molecular formula is C22H25BrN4O3. The minimum absolute atomic E-state index is 0.0483. The molecule has 3 aromatic rings. The molecule has 1 atom stereocenters. The number of benzene rings is 1. The molecule has 0 radical (unpaired) electrons. The first-order valence-electron chi connectivity index (χ1n) is 10.0. The number of carbonyl (C=O) groups excluding carboxylic acids is 1. The van der Waals surface area contributed by atoms with E-state index in [1.807, 2.05) is 32.0 Å². The predicted molar refractivity (Wildman–Crippen MR) is 119 cm³/mol. The van der Waals surface area contributed by atoms with E-state index in [1.54, 1.807) is 7.11 Å². The third-order valence-corrected chi connectivity index (χ3v) is 6.23. The lowest BCUT2D eigenvalue weighted by Gasteiger charge is -2.33. The van der Waals surface area contributed by atoms with Gasteiger partial charge in [-0.1, -0.05) is 15.9 Å². The molecule has 0 unspecified atom stereocenters. The fraction of sp³-hybridized carbons (Fsp3) is 0.409. The molecule has 4 rings (SSSR count). The first-order valence-corrected chi connectivity index (χ1v) is 10.8. The van der Waals surface area contributed by atoms with E-state index in [2.05, 4.69) is 36.1 Å². The average Bonchev–Trinajstić information content (AvgIpc) is 3.06. The third-order valence-electron chi connectivity index (χ3n) is 5.73. The second kappa shape index (κ2) is 8.63. The molecule has 3 heterocycles. The number of ether oxygens (including phenoxy) is 1. The molecule has 1 N–H and O–H groups in total. The number of nitrogens with zero attached hydrogens (tertiary/aromatic N) is 3. The summed E-state index contributed by atoms with van der Waals surface area (Å²) in [5.41, 5.74) is 2.59. The number of rotatable bonds is 5. The van der Waals surface area contributed by atoms with Crippen LogP contribution in [0, 0.1) is 19.8 Å². The van der Waals surface area contributed by atoms with E-state index in [0.717, 1.165) is 57.7 Å². The molecular weight excluding hydrogens is 448 g/mol. The fourth-order valence-electron chi connectivity index (χ4n) is 4.00. The maximum Gasteiger partial charge on any atom is 0.231 e. The molecule has 1 aliphatic rings. The highest BCUT2D eigenvalue weighted by atomic mass is 79.9. The van der Waals surface area contributed by atoms with Crippen molar-refractivity contribution < 1.29 is 13.9 Å². The monoisotopic (exact) mass is 472 g/mol. The Hall–Kier alpha value is -2.61. The summed E-state index contributed by atoms with van der Waals surface area (Å²) in [7, 11) is 1.63. The van der Waals surface area contributed by atoms with Gasteiger partial charge in [-0.2, -0.15) is 0 Å². The number of methoxy groups -OCH3 is 1. The summed E-state index contributed by atoms with van der Waals surface area (Å²) >= 11 is 3.48. The van der Waals surface area contributed by atoms with E-state index in [4.69, 9.17) is 9.15 Å². The van der Waals surface area contributed by atoms with E-state index >= 15 is 0 Å². The third kappa shape index (κ3) is 4.01. The molecule has 1 saturated heterocycles. The van der Waals surface area contributed by atoms with Crippen LogP contribution in [0.15, 0.2) is 33.4 Å². The normalized spacial score (nSPS) is 16.7. The van der Waals surface area contributed by atoms with Crippen molar-refractivity contribution in [2.75, 3.05) is 25.1 Å². The molecule has 1 aromatic carbocycles. The molecule has 1 fully saturated rings. The van der Waals surface area contributed by atoms with Crippen molar-refractivity contribution in [2.45, 2.75) is 33.2 Å². The van der Waals surface area contributed by atoms with Gasteiger partial charge in [0.1, 0.15) is 23.7 Å². The number of fused-ring (bicyclic) bond motifs is 1. The van der Waals surface area contributed by atoms with Crippen molar-refractivity contribution in [2.24, 2.45) is 5.92 Å². The number of hydrogen-bond donors (Lipinski definition) is 1. The average molecular weight is 473 g/mol. The number of hydrogen-bond acceptors (Lipinski definition) is 6. The Morgan fingerprint density at radius 1 is 1.37 bits per heavy atom. The first kappa shape index (κ1) is 20.7. The van der Waals surface area contributed by atoms with Gasteiger partial charge in [-0.25, -0.2) is 9.97 Å². The summed E-state index contributed by atoms with van der Waals surface area (Å²) in [6.07, 6.45) is 3.32. The molecule has 8 heteroatoms. The van der Waals surface area contributed by atoms with Crippen molar-refractivity contribution in [1.29, 1.82) is 0 Å². The summed E-state index contributed by atoms with van der Waals surface area (Å²) in [5, 5.41) is 4.02. The van der Waals surface area contributed by atoms with Gasteiger partial charge in [0, 0.05) is 35.2 Å². The number of piperidine rings is 1. The van der Waals surface area contributed by atoms with Crippen molar-refractivity contribution in [3.05, 3.63) is 45.9 Å². The van der Waals surface area contributed by atoms with E-state index in [-0.39, 0.29) is 11.8 Å². The summed E-state index contributed by atoms with van der Waals surface area (Å²) in [6, 6.07) is 5.78. The van der Waals surface area contributed by atoms with Gasteiger partial charge in [0.15, 0.2) is 0 Å².